The van der Waals surface area contributed by atoms with E-state index in [9.17, 15) is 5.26 Å². The molecule has 0 radical (unpaired) electrons. The Morgan fingerprint density at radius 2 is 1.03 bits per heavy atom. The molecule has 1 aliphatic carbocycles. The number of hydrogen-bond donors (Lipinski definition) is 0. The summed E-state index contributed by atoms with van der Waals surface area (Å²) in [6, 6.07) is 44.0. The Kier molecular flexibility index (Phi) is 5.39. The summed E-state index contributed by atoms with van der Waals surface area (Å²) in [5.41, 5.74) is 11.3. The van der Waals surface area contributed by atoms with Gasteiger partial charge in [0.25, 0.3) is 0 Å². The molecule has 0 heterocycles. The van der Waals surface area contributed by atoms with Gasteiger partial charge in [0.05, 0.1) is 11.6 Å². The number of benzene rings is 6. The van der Waals surface area contributed by atoms with E-state index in [0.29, 0.717) is 5.56 Å². The Morgan fingerprint density at radius 3 is 1.59 bits per heavy atom. The highest BCUT2D eigenvalue weighted by atomic mass is 14.4. The Bertz CT molecular complexity index is 1870. The topological polar surface area (TPSA) is 23.8 Å². The molecule has 0 aromatic heterocycles. The maximum absolute atomic E-state index is 9.35. The number of nitriles is 1. The Labute approximate surface area is 230 Å². The molecule has 0 bridgehead atoms. The van der Waals surface area contributed by atoms with E-state index in [-0.39, 0.29) is 5.41 Å². The molecule has 186 valence electrons. The van der Waals surface area contributed by atoms with Crippen molar-refractivity contribution in [3.8, 4) is 39.4 Å². The second-order valence-electron chi connectivity index (χ2n) is 10.6. The molecule has 6 aromatic rings. The lowest BCUT2D eigenvalue weighted by molar-refractivity contribution is 0.490. The van der Waals surface area contributed by atoms with E-state index in [4.69, 9.17) is 0 Å². The summed E-state index contributed by atoms with van der Waals surface area (Å²) in [6.07, 6.45) is 2.16. The largest absolute Gasteiger partial charge is 0.192 e. The number of fused-ring (bicyclic) bond motifs is 5. The molecule has 1 heteroatoms. The van der Waals surface area contributed by atoms with Crippen molar-refractivity contribution in [1.82, 2.24) is 0 Å². The van der Waals surface area contributed by atoms with Gasteiger partial charge in [0, 0.05) is 5.41 Å². The summed E-state index contributed by atoms with van der Waals surface area (Å²) in [4.78, 5) is 0. The molecule has 0 atom stereocenters. The van der Waals surface area contributed by atoms with E-state index in [1.807, 2.05) is 12.1 Å². The van der Waals surface area contributed by atoms with Gasteiger partial charge in [-0.15, -0.1) is 0 Å². The highest BCUT2D eigenvalue weighted by molar-refractivity contribution is 6.21. The molecule has 0 saturated heterocycles. The lowest BCUT2D eigenvalue weighted by Gasteiger charge is -2.30. The fourth-order valence-corrected chi connectivity index (χ4v) is 7.08. The summed E-state index contributed by atoms with van der Waals surface area (Å²) >= 11 is 0. The monoisotopic (exact) mass is 499 g/mol. The molecule has 0 aliphatic heterocycles. The normalized spacial score (nSPS) is 13.3. The SMILES string of the molecule is CCC1(CC)c2ccccc2-c2ccc(-c3c4ccccc4c(-c4ccc(C#N)cc4)c4ccccc34)cc21. The maximum Gasteiger partial charge on any atom is 0.0991 e. The van der Waals surface area contributed by atoms with Gasteiger partial charge in [-0.25, -0.2) is 0 Å². The molecule has 0 fully saturated rings. The first-order chi connectivity index (χ1) is 19.2. The second kappa shape index (κ2) is 8.97. The zero-order valence-corrected chi connectivity index (χ0v) is 22.3. The molecule has 6 aromatic carbocycles. The van der Waals surface area contributed by atoms with Gasteiger partial charge in [0.1, 0.15) is 0 Å². The molecule has 0 unspecified atom stereocenters. The molecule has 0 N–H and O–H groups in total. The quantitative estimate of drug-likeness (QED) is 0.221. The fraction of sp³-hybridized carbons (Fsp3) is 0.132. The third kappa shape index (κ3) is 3.32. The molecule has 1 nitrogen and oxygen atoms in total. The first-order valence-electron chi connectivity index (χ1n) is 13.9. The van der Waals surface area contributed by atoms with Crippen LogP contribution in [0.25, 0.3) is 54.9 Å². The van der Waals surface area contributed by atoms with Crippen LogP contribution < -0.4 is 0 Å². The van der Waals surface area contributed by atoms with E-state index in [0.717, 1.165) is 18.4 Å². The van der Waals surface area contributed by atoms with Gasteiger partial charge >= 0.3 is 0 Å². The van der Waals surface area contributed by atoms with E-state index < -0.39 is 0 Å². The van der Waals surface area contributed by atoms with Gasteiger partial charge in [-0.1, -0.05) is 111 Å². The average molecular weight is 500 g/mol. The van der Waals surface area contributed by atoms with Crippen LogP contribution in [0.2, 0.25) is 0 Å². The highest BCUT2D eigenvalue weighted by Crippen LogP contribution is 2.54. The summed E-state index contributed by atoms with van der Waals surface area (Å²) < 4.78 is 0. The van der Waals surface area contributed by atoms with E-state index >= 15 is 0 Å². The van der Waals surface area contributed by atoms with Gasteiger partial charge < -0.3 is 0 Å². The van der Waals surface area contributed by atoms with Crippen LogP contribution in [-0.2, 0) is 5.41 Å². The summed E-state index contributed by atoms with van der Waals surface area (Å²) in [5.74, 6) is 0. The Balaban J connectivity index is 1.55. The van der Waals surface area contributed by atoms with Crippen molar-refractivity contribution in [1.29, 1.82) is 5.26 Å². The van der Waals surface area contributed by atoms with Crippen LogP contribution in [0.1, 0.15) is 43.4 Å². The zero-order chi connectivity index (χ0) is 26.6. The molecule has 7 rings (SSSR count). The predicted octanol–water partition coefficient (Wildman–Crippen LogP) is 10.3. The predicted molar refractivity (Wildman–Crippen MR) is 164 cm³/mol. The van der Waals surface area contributed by atoms with Crippen molar-refractivity contribution >= 4 is 21.5 Å². The highest BCUT2D eigenvalue weighted by Gasteiger charge is 2.40. The van der Waals surface area contributed by atoms with Gasteiger partial charge in [0.15, 0.2) is 0 Å². The van der Waals surface area contributed by atoms with Crippen LogP contribution in [0.15, 0.2) is 115 Å². The minimum Gasteiger partial charge on any atom is -0.192 e. The van der Waals surface area contributed by atoms with Crippen molar-refractivity contribution in [3.05, 3.63) is 132 Å². The standard InChI is InChI=1S/C38H29N/c1-3-38(4-2)34-16-10-9-11-28(34)29-22-21-27(23-35(29)38)37-32-14-7-5-12-30(32)36(31-13-6-8-15-33(31)37)26-19-17-25(24-39)18-20-26/h5-23H,3-4H2,1-2H3. The average Bonchev–Trinajstić information content (AvgIpc) is 3.29. The smallest absolute Gasteiger partial charge is 0.0991 e. The number of nitrogens with zero attached hydrogens (tertiary/aromatic N) is 1. The number of hydrogen-bond acceptors (Lipinski definition) is 1. The van der Waals surface area contributed by atoms with E-state index in [1.165, 1.54) is 60.5 Å². The minimum absolute atomic E-state index is 0.0377. The number of rotatable bonds is 4. The van der Waals surface area contributed by atoms with Crippen molar-refractivity contribution in [3.63, 3.8) is 0 Å². The van der Waals surface area contributed by atoms with E-state index in [1.54, 1.807) is 0 Å². The van der Waals surface area contributed by atoms with Crippen LogP contribution in [0, 0.1) is 11.3 Å². The van der Waals surface area contributed by atoms with Crippen LogP contribution >= 0.6 is 0 Å². The lowest BCUT2D eigenvalue weighted by Crippen LogP contribution is -2.23. The maximum atomic E-state index is 9.35. The molecular weight excluding hydrogens is 470 g/mol. The summed E-state index contributed by atoms with van der Waals surface area (Å²) in [7, 11) is 0. The van der Waals surface area contributed by atoms with Crippen LogP contribution in [0.5, 0.6) is 0 Å². The Hall–Kier alpha value is -4.67. The molecular formula is C38H29N. The molecule has 0 amide bonds. The first-order valence-corrected chi connectivity index (χ1v) is 13.9. The molecule has 0 spiro atoms. The zero-order valence-electron chi connectivity index (χ0n) is 22.3. The fourth-order valence-electron chi connectivity index (χ4n) is 7.08. The van der Waals surface area contributed by atoms with Crippen LogP contribution in [0.4, 0.5) is 0 Å². The van der Waals surface area contributed by atoms with Gasteiger partial charge in [-0.3, -0.25) is 0 Å². The summed E-state index contributed by atoms with van der Waals surface area (Å²) in [6.45, 7) is 4.67. The lowest BCUT2D eigenvalue weighted by atomic mass is 9.73. The van der Waals surface area contributed by atoms with Crippen LogP contribution in [0.3, 0.4) is 0 Å². The van der Waals surface area contributed by atoms with Crippen molar-refractivity contribution in [2.24, 2.45) is 0 Å². The van der Waals surface area contributed by atoms with Gasteiger partial charge in [0.2, 0.25) is 0 Å². The molecule has 1 aliphatic rings. The third-order valence-corrected chi connectivity index (χ3v) is 9.00. The molecule has 39 heavy (non-hydrogen) atoms. The first kappa shape index (κ1) is 23.4. The minimum atomic E-state index is 0.0377. The van der Waals surface area contributed by atoms with Crippen LogP contribution in [-0.4, -0.2) is 0 Å². The van der Waals surface area contributed by atoms with E-state index in [2.05, 4.69) is 123 Å². The van der Waals surface area contributed by atoms with Gasteiger partial charge in [-0.2, -0.15) is 5.26 Å². The van der Waals surface area contributed by atoms with Crippen molar-refractivity contribution < 1.29 is 0 Å². The van der Waals surface area contributed by atoms with Crippen molar-refractivity contribution in [2.45, 2.75) is 32.1 Å². The van der Waals surface area contributed by atoms with Gasteiger partial charge in [-0.05, 0) is 97.1 Å². The van der Waals surface area contributed by atoms with Crippen molar-refractivity contribution in [2.75, 3.05) is 0 Å². The summed E-state index contributed by atoms with van der Waals surface area (Å²) in [5, 5.41) is 14.3. The molecule has 0 saturated carbocycles. The Morgan fingerprint density at radius 1 is 0.538 bits per heavy atom. The second-order valence-corrected chi connectivity index (χ2v) is 10.6. The third-order valence-electron chi connectivity index (χ3n) is 9.00.